The van der Waals surface area contributed by atoms with Gasteiger partial charge in [-0.2, -0.15) is 0 Å². The summed E-state index contributed by atoms with van der Waals surface area (Å²) in [7, 11) is 0. The van der Waals surface area contributed by atoms with Crippen molar-refractivity contribution < 1.29 is 18.8 Å². The van der Waals surface area contributed by atoms with E-state index in [1.165, 1.54) is 0 Å². The van der Waals surface area contributed by atoms with E-state index in [9.17, 15) is 9.59 Å². The maximum atomic E-state index is 12.8. The Morgan fingerprint density at radius 1 is 1.33 bits per heavy atom. The number of amides is 2. The molecule has 2 aromatic rings. The van der Waals surface area contributed by atoms with Gasteiger partial charge in [0.25, 0.3) is 5.91 Å². The molecule has 7 heteroatoms. The topological polar surface area (TPSA) is 98.7 Å². The van der Waals surface area contributed by atoms with Crippen LogP contribution in [0.1, 0.15) is 48.9 Å². The first-order valence-electron chi connectivity index (χ1n) is 9.20. The summed E-state index contributed by atoms with van der Waals surface area (Å²) in [6.45, 7) is 4.88. The highest BCUT2D eigenvalue weighted by molar-refractivity contribution is 5.91. The fourth-order valence-corrected chi connectivity index (χ4v) is 3.30. The van der Waals surface area contributed by atoms with Gasteiger partial charge in [-0.3, -0.25) is 9.59 Å². The number of carbonyl (C=O) groups is 2. The molecule has 0 saturated carbocycles. The highest BCUT2D eigenvalue weighted by Crippen LogP contribution is 2.27. The number of rotatable bonds is 6. The van der Waals surface area contributed by atoms with Crippen LogP contribution >= 0.6 is 0 Å². The molecule has 0 radical (unpaired) electrons. The quantitative estimate of drug-likeness (QED) is 0.841. The number of hydrogen-bond acceptors (Lipinski definition) is 5. The minimum absolute atomic E-state index is 0.162. The Morgan fingerprint density at radius 3 is 2.70 bits per heavy atom. The second kappa shape index (κ2) is 8.24. The molecule has 7 nitrogen and oxygen atoms in total. The number of hydrogen-bond donors (Lipinski definition) is 1. The van der Waals surface area contributed by atoms with Crippen molar-refractivity contribution in [1.82, 2.24) is 10.1 Å². The number of benzene rings is 1. The zero-order valence-electron chi connectivity index (χ0n) is 15.6. The van der Waals surface area contributed by atoms with Crippen molar-refractivity contribution in [3.05, 3.63) is 47.9 Å². The van der Waals surface area contributed by atoms with E-state index in [2.05, 4.69) is 5.16 Å². The fraction of sp³-hybridized carbons (Fsp3) is 0.450. The molecule has 1 aromatic heterocycles. The van der Waals surface area contributed by atoms with Gasteiger partial charge in [0.1, 0.15) is 11.9 Å². The van der Waals surface area contributed by atoms with E-state index in [1.54, 1.807) is 11.0 Å². The van der Waals surface area contributed by atoms with E-state index >= 15 is 0 Å². The van der Waals surface area contributed by atoms with Gasteiger partial charge in [-0.25, -0.2) is 0 Å². The van der Waals surface area contributed by atoms with Crippen LogP contribution < -0.4 is 10.5 Å². The van der Waals surface area contributed by atoms with E-state index in [1.807, 2.05) is 44.2 Å². The molecule has 1 aliphatic rings. The molecule has 0 spiro atoms. The molecule has 0 bridgehead atoms. The normalized spacial score (nSPS) is 19.9. The lowest BCUT2D eigenvalue weighted by molar-refractivity contribution is -0.120. The fourth-order valence-electron chi connectivity index (χ4n) is 3.30. The van der Waals surface area contributed by atoms with Crippen LogP contribution in [0.25, 0.3) is 0 Å². The first-order valence-corrected chi connectivity index (χ1v) is 9.20. The average molecular weight is 371 g/mol. The van der Waals surface area contributed by atoms with Crippen LogP contribution in [0.4, 0.5) is 0 Å². The summed E-state index contributed by atoms with van der Waals surface area (Å²) in [5, 5.41) is 3.95. The van der Waals surface area contributed by atoms with Crippen LogP contribution in [0.5, 0.6) is 5.75 Å². The Bertz CT molecular complexity index is 788. The number of nitrogens with two attached hydrogens (primary N) is 1. The van der Waals surface area contributed by atoms with E-state index in [4.69, 9.17) is 15.0 Å². The number of ether oxygens (including phenoxy) is 1. The summed E-state index contributed by atoms with van der Waals surface area (Å²) in [5.41, 5.74) is 6.17. The lowest BCUT2D eigenvalue weighted by Crippen LogP contribution is -2.49. The van der Waals surface area contributed by atoms with Crippen LogP contribution in [-0.2, 0) is 4.79 Å². The van der Waals surface area contributed by atoms with Crippen molar-refractivity contribution in [2.75, 3.05) is 13.1 Å². The van der Waals surface area contributed by atoms with E-state index < -0.39 is 5.91 Å². The van der Waals surface area contributed by atoms with E-state index in [0.29, 0.717) is 19.5 Å². The van der Waals surface area contributed by atoms with Crippen LogP contribution in [0.2, 0.25) is 0 Å². The second-order valence-electron chi connectivity index (χ2n) is 7.21. The van der Waals surface area contributed by atoms with Crippen molar-refractivity contribution in [2.45, 2.75) is 38.7 Å². The number of primary amides is 1. The molecule has 1 saturated heterocycles. The van der Waals surface area contributed by atoms with Gasteiger partial charge in [0.05, 0.1) is 5.69 Å². The van der Waals surface area contributed by atoms with Crippen LogP contribution in [0.15, 0.2) is 40.9 Å². The molecular formula is C20H25N3O4. The maximum absolute atomic E-state index is 12.8. The Morgan fingerprint density at radius 2 is 2.07 bits per heavy atom. The first kappa shape index (κ1) is 18.9. The van der Waals surface area contributed by atoms with Gasteiger partial charge >= 0.3 is 0 Å². The highest BCUT2D eigenvalue weighted by Gasteiger charge is 2.35. The molecule has 0 aliphatic carbocycles. The third-order valence-corrected chi connectivity index (χ3v) is 4.78. The Hall–Kier alpha value is -2.83. The monoisotopic (exact) mass is 371 g/mol. The van der Waals surface area contributed by atoms with Gasteiger partial charge in [0.15, 0.2) is 0 Å². The second-order valence-corrected chi connectivity index (χ2v) is 7.21. The molecule has 1 aliphatic heterocycles. The number of para-hydroxylation sites is 1. The van der Waals surface area contributed by atoms with Crippen molar-refractivity contribution in [3.8, 4) is 5.75 Å². The summed E-state index contributed by atoms with van der Waals surface area (Å²) in [6.07, 6.45) is 0.600. The summed E-state index contributed by atoms with van der Waals surface area (Å²) in [5.74, 6) is 0.350. The largest absolute Gasteiger partial charge is 0.490 e. The standard InChI is InChI=1S/C20H25N3O4/c1-13(2)16-11-18(27-22-16)20(25)23-9-8-17(14(12-23)10-19(21)24)26-15-6-4-3-5-7-15/h3-7,11,13-14,17H,8-10,12H2,1-2H3,(H2,21,24)/t14-,17-/m0/s1. The zero-order valence-corrected chi connectivity index (χ0v) is 15.6. The number of nitrogens with zero attached hydrogens (tertiary/aromatic N) is 2. The van der Waals surface area contributed by atoms with Gasteiger partial charge in [0.2, 0.25) is 11.7 Å². The van der Waals surface area contributed by atoms with Crippen molar-refractivity contribution in [1.29, 1.82) is 0 Å². The van der Waals surface area contributed by atoms with E-state index in [-0.39, 0.29) is 36.0 Å². The Labute approximate surface area is 158 Å². The highest BCUT2D eigenvalue weighted by atomic mass is 16.5. The van der Waals surface area contributed by atoms with Crippen molar-refractivity contribution >= 4 is 11.8 Å². The van der Waals surface area contributed by atoms with Gasteiger partial charge in [-0.1, -0.05) is 37.2 Å². The van der Waals surface area contributed by atoms with Gasteiger partial charge < -0.3 is 19.9 Å². The third-order valence-electron chi connectivity index (χ3n) is 4.78. The van der Waals surface area contributed by atoms with Crippen LogP contribution in [-0.4, -0.2) is 41.1 Å². The molecule has 2 atom stereocenters. The summed E-state index contributed by atoms with van der Waals surface area (Å²) in [6, 6.07) is 11.1. The summed E-state index contributed by atoms with van der Waals surface area (Å²) >= 11 is 0. The SMILES string of the molecule is CC(C)c1cc(C(=O)N2CC[C@H](Oc3ccccc3)[C@@H](CC(N)=O)C2)on1. The van der Waals surface area contributed by atoms with Crippen molar-refractivity contribution in [2.24, 2.45) is 11.7 Å². The number of carbonyl (C=O) groups excluding carboxylic acids is 2. The van der Waals surface area contributed by atoms with Gasteiger partial charge in [0, 0.05) is 37.9 Å². The molecule has 27 heavy (non-hydrogen) atoms. The molecule has 3 rings (SSSR count). The summed E-state index contributed by atoms with van der Waals surface area (Å²) < 4.78 is 11.3. The molecule has 2 N–H and O–H groups in total. The summed E-state index contributed by atoms with van der Waals surface area (Å²) in [4.78, 5) is 26.0. The molecule has 2 heterocycles. The van der Waals surface area contributed by atoms with Crippen molar-refractivity contribution in [3.63, 3.8) is 0 Å². The average Bonchev–Trinajstić information content (AvgIpc) is 3.13. The molecular weight excluding hydrogens is 346 g/mol. The minimum Gasteiger partial charge on any atom is -0.490 e. The molecule has 2 amide bonds. The van der Waals surface area contributed by atoms with Gasteiger partial charge in [-0.05, 0) is 18.1 Å². The third kappa shape index (κ3) is 4.67. The Kier molecular flexibility index (Phi) is 5.78. The van der Waals surface area contributed by atoms with Crippen LogP contribution in [0.3, 0.4) is 0 Å². The lowest BCUT2D eigenvalue weighted by atomic mass is 9.91. The molecule has 1 aromatic carbocycles. The molecule has 144 valence electrons. The van der Waals surface area contributed by atoms with Gasteiger partial charge in [-0.15, -0.1) is 0 Å². The molecule has 1 fully saturated rings. The maximum Gasteiger partial charge on any atom is 0.292 e. The first-order chi connectivity index (χ1) is 12.9. The number of likely N-dealkylation sites (tertiary alicyclic amines) is 1. The zero-order chi connectivity index (χ0) is 19.4. The smallest absolute Gasteiger partial charge is 0.292 e. The predicted octanol–water partition coefficient (Wildman–Crippen LogP) is 2.58. The lowest BCUT2D eigenvalue weighted by Gasteiger charge is -2.37. The predicted molar refractivity (Wildman–Crippen MR) is 99.3 cm³/mol. The van der Waals surface area contributed by atoms with Crippen LogP contribution in [0, 0.1) is 5.92 Å². The Balaban J connectivity index is 1.71. The minimum atomic E-state index is -0.405. The van der Waals surface area contributed by atoms with E-state index in [0.717, 1.165) is 11.4 Å². The number of piperidine rings is 1. The number of aromatic nitrogens is 1. The molecule has 0 unspecified atom stereocenters.